The van der Waals surface area contributed by atoms with Gasteiger partial charge in [-0.05, 0) is 19.4 Å². The zero-order valence-electron chi connectivity index (χ0n) is 12.5. The first kappa shape index (κ1) is 14.4. The Labute approximate surface area is 120 Å². The Morgan fingerprint density at radius 3 is 2.75 bits per heavy atom. The summed E-state index contributed by atoms with van der Waals surface area (Å²) in [4.78, 5) is 14.2. The third kappa shape index (κ3) is 2.95. The molecule has 1 aromatic heterocycles. The van der Waals surface area contributed by atoms with Gasteiger partial charge in [-0.3, -0.25) is 0 Å². The number of benzene rings is 1. The molecule has 20 heavy (non-hydrogen) atoms. The molecule has 108 valence electrons. The van der Waals surface area contributed by atoms with Gasteiger partial charge in [0.2, 0.25) is 0 Å². The second-order valence-electron chi connectivity index (χ2n) is 5.03. The highest BCUT2D eigenvalue weighted by Crippen LogP contribution is 2.25. The van der Waals surface area contributed by atoms with E-state index in [4.69, 9.17) is 0 Å². The molecule has 1 heterocycles. The fourth-order valence-corrected chi connectivity index (χ4v) is 2.39. The van der Waals surface area contributed by atoms with E-state index in [9.17, 15) is 4.79 Å². The summed E-state index contributed by atoms with van der Waals surface area (Å²) in [6.07, 6.45) is 4.10. The van der Waals surface area contributed by atoms with E-state index < -0.39 is 0 Å². The predicted octanol–water partition coefficient (Wildman–Crippen LogP) is 3.83. The Morgan fingerprint density at radius 2 is 2.05 bits per heavy atom. The van der Waals surface area contributed by atoms with Crippen molar-refractivity contribution in [3.05, 3.63) is 30.5 Å². The standard InChI is InChI=1S/C16H23N3O/c1-4-6-11-19(5-2)16(20)17-14-12-18(3)15-10-8-7-9-13(14)15/h7-10,12H,4-6,11H2,1-3H3,(H,17,20). The molecule has 0 aliphatic heterocycles. The molecule has 2 rings (SSSR count). The van der Waals surface area contributed by atoms with Crippen molar-refractivity contribution in [2.45, 2.75) is 26.7 Å². The van der Waals surface area contributed by atoms with Crippen LogP contribution in [0.5, 0.6) is 0 Å². The fraction of sp³-hybridized carbons (Fsp3) is 0.438. The van der Waals surface area contributed by atoms with Gasteiger partial charge in [0, 0.05) is 37.2 Å². The van der Waals surface area contributed by atoms with Crippen LogP contribution >= 0.6 is 0 Å². The topological polar surface area (TPSA) is 37.3 Å². The lowest BCUT2D eigenvalue weighted by Gasteiger charge is -2.20. The van der Waals surface area contributed by atoms with E-state index in [1.165, 1.54) is 0 Å². The van der Waals surface area contributed by atoms with Crippen LogP contribution in [0.25, 0.3) is 10.9 Å². The molecule has 0 unspecified atom stereocenters. The molecule has 0 saturated carbocycles. The van der Waals surface area contributed by atoms with Gasteiger partial charge in [-0.15, -0.1) is 0 Å². The van der Waals surface area contributed by atoms with Crippen LogP contribution in [0.15, 0.2) is 30.5 Å². The highest BCUT2D eigenvalue weighted by Gasteiger charge is 2.13. The lowest BCUT2D eigenvalue weighted by molar-refractivity contribution is 0.213. The van der Waals surface area contributed by atoms with E-state index in [2.05, 4.69) is 18.3 Å². The van der Waals surface area contributed by atoms with Gasteiger partial charge in [-0.2, -0.15) is 0 Å². The molecule has 1 aromatic carbocycles. The number of para-hydroxylation sites is 1. The molecule has 1 N–H and O–H groups in total. The highest BCUT2D eigenvalue weighted by molar-refractivity contribution is 6.01. The normalized spacial score (nSPS) is 10.8. The number of hydrogen-bond donors (Lipinski definition) is 1. The summed E-state index contributed by atoms with van der Waals surface area (Å²) in [7, 11) is 1.99. The SMILES string of the molecule is CCCCN(CC)C(=O)Nc1cn(C)c2ccccc12. The van der Waals surface area contributed by atoms with E-state index in [0.717, 1.165) is 42.5 Å². The van der Waals surface area contributed by atoms with Crippen LogP contribution in [0, 0.1) is 0 Å². The van der Waals surface area contributed by atoms with Crippen LogP contribution in [0.4, 0.5) is 10.5 Å². The van der Waals surface area contributed by atoms with E-state index in [1.54, 1.807) is 0 Å². The van der Waals surface area contributed by atoms with Gasteiger partial charge in [-0.1, -0.05) is 31.5 Å². The maximum atomic E-state index is 12.3. The number of unbranched alkanes of at least 4 members (excludes halogenated alkanes) is 1. The summed E-state index contributed by atoms with van der Waals surface area (Å²) < 4.78 is 2.03. The molecule has 0 radical (unpaired) electrons. The minimum Gasteiger partial charge on any atom is -0.348 e. The molecular weight excluding hydrogens is 250 g/mol. The van der Waals surface area contributed by atoms with Crippen LogP contribution in [-0.4, -0.2) is 28.6 Å². The molecule has 0 saturated heterocycles. The Morgan fingerprint density at radius 1 is 1.30 bits per heavy atom. The van der Waals surface area contributed by atoms with E-state index in [0.29, 0.717) is 0 Å². The zero-order valence-corrected chi connectivity index (χ0v) is 12.5. The molecule has 4 nitrogen and oxygen atoms in total. The van der Waals surface area contributed by atoms with Crippen molar-refractivity contribution in [2.24, 2.45) is 7.05 Å². The van der Waals surface area contributed by atoms with Crippen LogP contribution in [0.1, 0.15) is 26.7 Å². The largest absolute Gasteiger partial charge is 0.348 e. The van der Waals surface area contributed by atoms with Gasteiger partial charge in [0.05, 0.1) is 5.69 Å². The molecular formula is C16H23N3O. The maximum Gasteiger partial charge on any atom is 0.321 e. The number of nitrogens with zero attached hydrogens (tertiary/aromatic N) is 2. The minimum atomic E-state index is -0.0164. The monoisotopic (exact) mass is 273 g/mol. The summed E-state index contributed by atoms with van der Waals surface area (Å²) in [5.74, 6) is 0. The molecule has 4 heteroatoms. The average molecular weight is 273 g/mol. The van der Waals surface area contributed by atoms with Gasteiger partial charge in [0.25, 0.3) is 0 Å². The lowest BCUT2D eigenvalue weighted by Crippen LogP contribution is -2.35. The molecule has 0 aliphatic rings. The number of hydrogen-bond acceptors (Lipinski definition) is 1. The molecule has 0 aliphatic carbocycles. The maximum absolute atomic E-state index is 12.3. The smallest absolute Gasteiger partial charge is 0.321 e. The van der Waals surface area contributed by atoms with Gasteiger partial charge >= 0.3 is 6.03 Å². The predicted molar refractivity (Wildman–Crippen MR) is 84.1 cm³/mol. The number of amides is 2. The minimum absolute atomic E-state index is 0.0164. The van der Waals surface area contributed by atoms with E-state index >= 15 is 0 Å². The zero-order chi connectivity index (χ0) is 14.5. The van der Waals surface area contributed by atoms with Gasteiger partial charge < -0.3 is 14.8 Å². The molecule has 0 fully saturated rings. The Balaban J connectivity index is 2.17. The van der Waals surface area contributed by atoms with Crippen LogP contribution < -0.4 is 5.32 Å². The number of urea groups is 1. The second-order valence-corrected chi connectivity index (χ2v) is 5.03. The van der Waals surface area contributed by atoms with Crippen LogP contribution in [-0.2, 0) is 7.05 Å². The number of rotatable bonds is 5. The van der Waals surface area contributed by atoms with Crippen molar-refractivity contribution in [1.82, 2.24) is 9.47 Å². The van der Waals surface area contributed by atoms with E-state index in [-0.39, 0.29) is 6.03 Å². The number of aryl methyl sites for hydroxylation is 1. The van der Waals surface area contributed by atoms with Crippen molar-refractivity contribution >= 4 is 22.6 Å². The number of carbonyl (C=O) groups excluding carboxylic acids is 1. The lowest BCUT2D eigenvalue weighted by atomic mass is 10.2. The number of fused-ring (bicyclic) bond motifs is 1. The third-order valence-electron chi connectivity index (χ3n) is 3.59. The van der Waals surface area contributed by atoms with Crippen molar-refractivity contribution < 1.29 is 4.79 Å². The number of nitrogens with one attached hydrogen (secondary N) is 1. The summed E-state index contributed by atoms with van der Waals surface area (Å²) in [5, 5.41) is 4.11. The Kier molecular flexibility index (Phi) is 4.66. The molecule has 2 aromatic rings. The van der Waals surface area contributed by atoms with Crippen molar-refractivity contribution in [3.8, 4) is 0 Å². The first-order chi connectivity index (χ1) is 9.67. The second kappa shape index (κ2) is 6.46. The summed E-state index contributed by atoms with van der Waals surface area (Å²) in [5.41, 5.74) is 2.00. The Bertz CT molecular complexity index is 588. The number of aromatic nitrogens is 1. The van der Waals surface area contributed by atoms with Gasteiger partial charge in [-0.25, -0.2) is 4.79 Å². The number of anilines is 1. The first-order valence-electron chi connectivity index (χ1n) is 7.27. The summed E-state index contributed by atoms with van der Waals surface area (Å²) in [6.45, 7) is 5.69. The van der Waals surface area contributed by atoms with Crippen molar-refractivity contribution in [1.29, 1.82) is 0 Å². The van der Waals surface area contributed by atoms with Crippen LogP contribution in [0.3, 0.4) is 0 Å². The summed E-state index contributed by atoms with van der Waals surface area (Å²) in [6, 6.07) is 8.07. The fourth-order valence-electron chi connectivity index (χ4n) is 2.39. The quantitative estimate of drug-likeness (QED) is 0.883. The third-order valence-corrected chi connectivity index (χ3v) is 3.59. The molecule has 2 amide bonds. The number of carbonyl (C=O) groups is 1. The van der Waals surface area contributed by atoms with Gasteiger partial charge in [0.15, 0.2) is 0 Å². The highest BCUT2D eigenvalue weighted by atomic mass is 16.2. The van der Waals surface area contributed by atoms with Crippen molar-refractivity contribution in [2.75, 3.05) is 18.4 Å². The molecule has 0 bridgehead atoms. The van der Waals surface area contributed by atoms with Crippen LogP contribution in [0.2, 0.25) is 0 Å². The molecule has 0 spiro atoms. The first-order valence-corrected chi connectivity index (χ1v) is 7.27. The van der Waals surface area contributed by atoms with Crippen molar-refractivity contribution in [3.63, 3.8) is 0 Å². The van der Waals surface area contributed by atoms with E-state index in [1.807, 2.05) is 47.8 Å². The Hall–Kier alpha value is -1.97. The summed E-state index contributed by atoms with van der Waals surface area (Å²) >= 11 is 0. The average Bonchev–Trinajstić information content (AvgIpc) is 2.77. The molecule has 0 atom stereocenters. The van der Waals surface area contributed by atoms with Gasteiger partial charge in [0.1, 0.15) is 0 Å².